The highest BCUT2D eigenvalue weighted by Gasteiger charge is 2.33. The van der Waals surface area contributed by atoms with E-state index in [1.807, 2.05) is 13.8 Å². The number of amides is 3. The Balaban J connectivity index is 1.52. The molecule has 0 radical (unpaired) electrons. The normalized spacial score (nSPS) is 17.2. The Hall–Kier alpha value is -4.69. The van der Waals surface area contributed by atoms with Crippen LogP contribution in [0.5, 0.6) is 5.75 Å². The highest BCUT2D eigenvalue weighted by molar-refractivity contribution is 5.97. The molecule has 50 heavy (non-hydrogen) atoms. The van der Waals surface area contributed by atoms with Crippen molar-refractivity contribution in [3.63, 3.8) is 0 Å². The molecule has 0 bridgehead atoms. The molecule has 1 aromatic heterocycles. The van der Waals surface area contributed by atoms with Crippen LogP contribution >= 0.6 is 0 Å². The molecule has 2 atom stereocenters. The Morgan fingerprint density at radius 2 is 1.78 bits per heavy atom. The molecule has 0 unspecified atom stereocenters. The lowest BCUT2D eigenvalue weighted by Crippen LogP contribution is -2.53. The number of ether oxygens (including phenoxy) is 2. The van der Waals surface area contributed by atoms with Crippen molar-refractivity contribution >= 4 is 40.5 Å². The standard InChI is InChI=1S/C35H47F2N5O8/c1-18(2)13-26(40-31(44)19(3)39-34(48)50-35(4,5)6)32(45)38-15-25(37)20-9-8-12-41(16-20)28-24(36)14-22-27(30(28)49-7)42(21-10-11-21)17-23(29(22)43)33(46)47/h14,17-19,21,26H,8-13,15-16H2,1-7H3,(H,38,45)(H,39,48)(H,40,44)(H,46,47)/t19-,26-/m0/s1. The monoisotopic (exact) mass is 703 g/mol. The quantitative estimate of drug-likeness (QED) is 0.248. The number of nitrogens with one attached hydrogen (secondary N) is 3. The van der Waals surface area contributed by atoms with E-state index in [1.54, 1.807) is 30.2 Å². The van der Waals surface area contributed by atoms with Crippen molar-refractivity contribution in [2.24, 2.45) is 5.92 Å². The van der Waals surface area contributed by atoms with Crippen LogP contribution in [0, 0.1) is 11.7 Å². The van der Waals surface area contributed by atoms with Crippen LogP contribution in [0.3, 0.4) is 0 Å². The van der Waals surface area contributed by atoms with Gasteiger partial charge in [-0.15, -0.1) is 0 Å². The van der Waals surface area contributed by atoms with Crippen molar-refractivity contribution in [2.45, 2.75) is 97.4 Å². The van der Waals surface area contributed by atoms with Gasteiger partial charge < -0.3 is 40.0 Å². The molecule has 1 aromatic carbocycles. The summed E-state index contributed by atoms with van der Waals surface area (Å²) < 4.78 is 44.0. The number of aromatic nitrogens is 1. The summed E-state index contributed by atoms with van der Waals surface area (Å²) >= 11 is 0. The van der Waals surface area contributed by atoms with Crippen LogP contribution in [-0.4, -0.2) is 78.0 Å². The van der Waals surface area contributed by atoms with Crippen molar-refractivity contribution in [1.82, 2.24) is 20.5 Å². The summed E-state index contributed by atoms with van der Waals surface area (Å²) in [6.45, 7) is 10.1. The number of carbonyl (C=O) groups is 4. The van der Waals surface area contributed by atoms with E-state index in [2.05, 4.69) is 16.0 Å². The van der Waals surface area contributed by atoms with Crippen molar-refractivity contribution < 1.29 is 42.5 Å². The van der Waals surface area contributed by atoms with Crippen molar-refractivity contribution in [3.8, 4) is 5.75 Å². The lowest BCUT2D eigenvalue weighted by atomic mass is 10.0. The second-order valence-electron chi connectivity index (χ2n) is 14.3. The number of piperidine rings is 1. The largest absolute Gasteiger partial charge is 0.492 e. The Morgan fingerprint density at radius 3 is 2.36 bits per heavy atom. The molecule has 274 valence electrons. The minimum absolute atomic E-state index is 0.00545. The van der Waals surface area contributed by atoms with E-state index in [0.717, 1.165) is 18.9 Å². The highest BCUT2D eigenvalue weighted by Crippen LogP contribution is 2.44. The average molecular weight is 704 g/mol. The number of carboxylic acids is 1. The van der Waals surface area contributed by atoms with Crippen molar-refractivity contribution in [3.05, 3.63) is 45.3 Å². The zero-order valence-corrected chi connectivity index (χ0v) is 29.6. The summed E-state index contributed by atoms with van der Waals surface area (Å²) in [6.07, 6.45) is 3.05. The molecule has 0 spiro atoms. The molecule has 2 aromatic rings. The van der Waals surface area contributed by atoms with Crippen molar-refractivity contribution in [1.29, 1.82) is 0 Å². The number of carbonyl (C=O) groups excluding carboxylic acids is 3. The summed E-state index contributed by atoms with van der Waals surface area (Å²) in [5, 5.41) is 17.1. The topological polar surface area (TPSA) is 168 Å². The van der Waals surface area contributed by atoms with Gasteiger partial charge >= 0.3 is 12.1 Å². The Kier molecular flexibility index (Phi) is 11.8. The van der Waals surface area contributed by atoms with Crippen LogP contribution in [0.4, 0.5) is 19.3 Å². The Morgan fingerprint density at radius 1 is 1.10 bits per heavy atom. The number of rotatable bonds is 12. The fourth-order valence-electron chi connectivity index (χ4n) is 5.97. The van der Waals surface area contributed by atoms with Gasteiger partial charge in [0.25, 0.3) is 0 Å². The molecule has 1 saturated carbocycles. The van der Waals surface area contributed by atoms with Gasteiger partial charge in [0.05, 0.1) is 24.6 Å². The predicted octanol–water partition coefficient (Wildman–Crippen LogP) is 4.57. The number of benzene rings is 1. The fourth-order valence-corrected chi connectivity index (χ4v) is 5.97. The number of hydrogen-bond acceptors (Lipinski definition) is 8. The molecular weight excluding hydrogens is 656 g/mol. The van der Waals surface area contributed by atoms with E-state index in [4.69, 9.17) is 9.47 Å². The first-order valence-electron chi connectivity index (χ1n) is 16.8. The van der Waals surface area contributed by atoms with Gasteiger partial charge in [-0.1, -0.05) is 13.8 Å². The number of aromatic carboxylic acids is 1. The minimum atomic E-state index is -1.41. The molecule has 2 fully saturated rings. The van der Waals surface area contributed by atoms with Crippen LogP contribution in [-0.2, 0) is 14.3 Å². The van der Waals surface area contributed by atoms with E-state index in [0.29, 0.717) is 25.0 Å². The van der Waals surface area contributed by atoms with Crippen LogP contribution in [0.1, 0.15) is 90.0 Å². The van der Waals surface area contributed by atoms with E-state index in [1.165, 1.54) is 20.2 Å². The number of anilines is 1. The van der Waals surface area contributed by atoms with Gasteiger partial charge in [0.15, 0.2) is 11.6 Å². The second-order valence-corrected chi connectivity index (χ2v) is 14.3. The number of hydrogen-bond donors (Lipinski definition) is 4. The van der Waals surface area contributed by atoms with Crippen LogP contribution in [0.15, 0.2) is 28.5 Å². The number of fused-ring (bicyclic) bond motifs is 1. The molecule has 15 heteroatoms. The Labute approximate surface area is 289 Å². The molecule has 2 aliphatic rings. The lowest BCUT2D eigenvalue weighted by molar-refractivity contribution is -0.130. The van der Waals surface area contributed by atoms with Gasteiger partial charge in [0.1, 0.15) is 34.8 Å². The smallest absolute Gasteiger partial charge is 0.408 e. The number of pyridine rings is 1. The van der Waals surface area contributed by atoms with Gasteiger partial charge in [0, 0.05) is 25.3 Å². The first-order chi connectivity index (χ1) is 23.4. The van der Waals surface area contributed by atoms with Gasteiger partial charge in [-0.25, -0.2) is 18.4 Å². The molecule has 3 amide bonds. The molecule has 4 rings (SSSR count). The van der Waals surface area contributed by atoms with E-state index in [-0.39, 0.29) is 47.3 Å². The third kappa shape index (κ3) is 9.10. The maximum absolute atomic E-state index is 15.8. The van der Waals surface area contributed by atoms with Crippen molar-refractivity contribution in [2.75, 3.05) is 31.6 Å². The Bertz CT molecular complexity index is 1750. The van der Waals surface area contributed by atoms with Crippen LogP contribution < -0.4 is 31.0 Å². The van der Waals surface area contributed by atoms with E-state index < -0.39 is 70.7 Å². The molecular formula is C35H47F2N5O8. The number of alkyl carbamates (subject to hydrolysis) is 1. The molecule has 4 N–H and O–H groups in total. The lowest BCUT2D eigenvalue weighted by Gasteiger charge is -2.33. The minimum Gasteiger partial charge on any atom is -0.492 e. The SMILES string of the molecule is COc1c(N2CCCC(=C(F)CNC(=O)[C@H](CC(C)C)NC(=O)[C@H](C)NC(=O)OC(C)(C)C)C2)c(F)cc2c(=O)c(C(=O)O)cn(C3CC3)c12. The summed E-state index contributed by atoms with van der Waals surface area (Å²) in [6, 6.07) is -1.07. The number of carboxylic acid groups (broad SMARTS) is 1. The van der Waals surface area contributed by atoms with Crippen LogP contribution in [0.25, 0.3) is 10.9 Å². The summed E-state index contributed by atoms with van der Waals surface area (Å²) in [5.74, 6) is -4.01. The molecule has 1 aliphatic heterocycles. The average Bonchev–Trinajstić information content (AvgIpc) is 3.87. The third-order valence-electron chi connectivity index (χ3n) is 8.45. The van der Waals surface area contributed by atoms with E-state index >= 15 is 8.78 Å². The first-order valence-corrected chi connectivity index (χ1v) is 16.8. The zero-order valence-electron chi connectivity index (χ0n) is 29.6. The molecule has 13 nitrogen and oxygen atoms in total. The van der Waals surface area contributed by atoms with Gasteiger partial charge in [0.2, 0.25) is 17.2 Å². The predicted molar refractivity (Wildman–Crippen MR) is 183 cm³/mol. The number of methoxy groups -OCH3 is 1. The fraction of sp³-hybridized carbons (Fsp3) is 0.571. The first kappa shape index (κ1) is 38.1. The van der Waals surface area contributed by atoms with Gasteiger partial charge in [-0.05, 0) is 77.4 Å². The molecule has 1 aliphatic carbocycles. The highest BCUT2D eigenvalue weighted by atomic mass is 19.1. The molecule has 1 saturated heterocycles. The maximum Gasteiger partial charge on any atom is 0.408 e. The maximum atomic E-state index is 15.8. The van der Waals surface area contributed by atoms with Gasteiger partial charge in [-0.3, -0.25) is 14.4 Å². The summed E-state index contributed by atoms with van der Waals surface area (Å²) in [7, 11) is 1.34. The summed E-state index contributed by atoms with van der Waals surface area (Å²) in [5.41, 5.74) is -1.42. The zero-order chi connectivity index (χ0) is 37.1. The second kappa shape index (κ2) is 15.5. The van der Waals surface area contributed by atoms with Gasteiger partial charge in [-0.2, -0.15) is 0 Å². The molecule has 2 heterocycles. The van der Waals surface area contributed by atoms with Crippen LogP contribution in [0.2, 0.25) is 0 Å². The summed E-state index contributed by atoms with van der Waals surface area (Å²) in [4.78, 5) is 64.6. The number of halogens is 2. The third-order valence-corrected chi connectivity index (χ3v) is 8.45. The number of nitrogens with zero attached hydrogens (tertiary/aromatic N) is 2. The van der Waals surface area contributed by atoms with E-state index in [9.17, 15) is 29.1 Å².